The second kappa shape index (κ2) is 5.53. The lowest BCUT2D eigenvalue weighted by Gasteiger charge is -2.08. The van der Waals surface area contributed by atoms with Gasteiger partial charge in [-0.05, 0) is 36.4 Å². The van der Waals surface area contributed by atoms with E-state index < -0.39 is 21.6 Å². The summed E-state index contributed by atoms with van der Waals surface area (Å²) in [5, 5.41) is 2.52. The lowest BCUT2D eigenvalue weighted by atomic mass is 10.1. The second-order valence-corrected chi connectivity index (χ2v) is 6.47. The molecule has 0 unspecified atom stereocenters. The summed E-state index contributed by atoms with van der Waals surface area (Å²) in [7, 11) is -3.29. The van der Waals surface area contributed by atoms with E-state index in [1.165, 1.54) is 36.4 Å². The van der Waals surface area contributed by atoms with Gasteiger partial charge in [-0.2, -0.15) is 0 Å². The minimum atomic E-state index is -3.29. The predicted molar refractivity (Wildman–Crippen MR) is 78.3 cm³/mol. The molecule has 0 spiro atoms. The molecule has 21 heavy (non-hydrogen) atoms. The van der Waals surface area contributed by atoms with Crippen LogP contribution < -0.4 is 11.1 Å². The van der Waals surface area contributed by atoms with E-state index >= 15 is 0 Å². The quantitative estimate of drug-likeness (QED) is 0.849. The van der Waals surface area contributed by atoms with E-state index in [9.17, 15) is 17.6 Å². The van der Waals surface area contributed by atoms with Gasteiger partial charge in [-0.1, -0.05) is 6.07 Å². The molecule has 0 heterocycles. The van der Waals surface area contributed by atoms with Crippen molar-refractivity contribution in [2.45, 2.75) is 4.90 Å². The van der Waals surface area contributed by atoms with E-state index in [1.807, 2.05) is 0 Å². The number of sulfone groups is 1. The Morgan fingerprint density at radius 2 is 1.76 bits per heavy atom. The van der Waals surface area contributed by atoms with Crippen molar-refractivity contribution in [3.8, 4) is 0 Å². The SMILES string of the molecule is CS(=O)(=O)c1ccc(NC(=O)c2cccc(F)c2N)cc1. The third-order valence-corrected chi connectivity index (χ3v) is 3.97. The molecule has 0 aliphatic heterocycles. The van der Waals surface area contributed by atoms with Crippen LogP contribution in [0.4, 0.5) is 15.8 Å². The van der Waals surface area contributed by atoms with Gasteiger partial charge in [0.25, 0.3) is 5.91 Å². The van der Waals surface area contributed by atoms with Gasteiger partial charge in [-0.15, -0.1) is 0 Å². The summed E-state index contributed by atoms with van der Waals surface area (Å²) in [6.07, 6.45) is 1.09. The van der Waals surface area contributed by atoms with Crippen molar-refractivity contribution in [2.24, 2.45) is 0 Å². The number of carbonyl (C=O) groups excluding carboxylic acids is 1. The van der Waals surface area contributed by atoms with Crippen LogP contribution in [0.5, 0.6) is 0 Å². The summed E-state index contributed by atoms with van der Waals surface area (Å²) in [5.74, 6) is -1.24. The van der Waals surface area contributed by atoms with E-state index in [1.54, 1.807) is 0 Å². The fourth-order valence-corrected chi connectivity index (χ4v) is 2.35. The van der Waals surface area contributed by atoms with Crippen molar-refractivity contribution in [3.05, 3.63) is 53.8 Å². The smallest absolute Gasteiger partial charge is 0.257 e. The molecule has 0 bridgehead atoms. The highest BCUT2D eigenvalue weighted by molar-refractivity contribution is 7.90. The number of carbonyl (C=O) groups is 1. The molecular formula is C14H13FN2O3S. The van der Waals surface area contributed by atoms with Crippen LogP contribution in [-0.2, 0) is 9.84 Å². The van der Waals surface area contributed by atoms with Crippen LogP contribution in [0, 0.1) is 5.82 Å². The Balaban J connectivity index is 2.22. The number of hydrogen-bond donors (Lipinski definition) is 2. The maximum Gasteiger partial charge on any atom is 0.257 e. The third kappa shape index (κ3) is 3.38. The van der Waals surface area contributed by atoms with Gasteiger partial charge >= 0.3 is 0 Å². The number of anilines is 2. The monoisotopic (exact) mass is 308 g/mol. The van der Waals surface area contributed by atoms with Gasteiger partial charge in [-0.25, -0.2) is 12.8 Å². The molecule has 0 saturated carbocycles. The molecule has 0 aliphatic carbocycles. The van der Waals surface area contributed by atoms with Crippen molar-refractivity contribution in [1.82, 2.24) is 0 Å². The second-order valence-electron chi connectivity index (χ2n) is 4.45. The Kier molecular flexibility index (Phi) is 3.95. The zero-order chi connectivity index (χ0) is 15.6. The molecule has 3 N–H and O–H groups in total. The normalized spacial score (nSPS) is 11.1. The summed E-state index contributed by atoms with van der Waals surface area (Å²) < 4.78 is 35.9. The van der Waals surface area contributed by atoms with Crippen LogP contribution in [0.25, 0.3) is 0 Å². The molecule has 0 aromatic heterocycles. The summed E-state index contributed by atoms with van der Waals surface area (Å²) >= 11 is 0. The predicted octanol–water partition coefficient (Wildman–Crippen LogP) is 2.06. The Morgan fingerprint density at radius 1 is 1.14 bits per heavy atom. The first kappa shape index (κ1) is 15.0. The summed E-state index contributed by atoms with van der Waals surface area (Å²) in [6.45, 7) is 0. The van der Waals surface area contributed by atoms with Gasteiger partial charge in [0.15, 0.2) is 9.84 Å². The van der Waals surface area contributed by atoms with Crippen molar-refractivity contribution in [2.75, 3.05) is 17.3 Å². The van der Waals surface area contributed by atoms with Gasteiger partial charge < -0.3 is 11.1 Å². The fraction of sp³-hybridized carbons (Fsp3) is 0.0714. The number of nitrogens with two attached hydrogens (primary N) is 1. The van der Waals surface area contributed by atoms with Gasteiger partial charge in [0.2, 0.25) is 0 Å². The average molecular weight is 308 g/mol. The van der Waals surface area contributed by atoms with E-state index in [0.29, 0.717) is 5.69 Å². The van der Waals surface area contributed by atoms with Gasteiger partial charge in [0.05, 0.1) is 16.1 Å². The Labute approximate surface area is 121 Å². The molecule has 0 atom stereocenters. The summed E-state index contributed by atoms with van der Waals surface area (Å²) in [5.41, 5.74) is 5.67. The highest BCUT2D eigenvalue weighted by Crippen LogP contribution is 2.19. The molecule has 5 nitrogen and oxygen atoms in total. The number of halogens is 1. The van der Waals surface area contributed by atoms with Crippen molar-refractivity contribution in [3.63, 3.8) is 0 Å². The van der Waals surface area contributed by atoms with Crippen LogP contribution in [0.2, 0.25) is 0 Å². The highest BCUT2D eigenvalue weighted by atomic mass is 32.2. The lowest BCUT2D eigenvalue weighted by molar-refractivity contribution is 0.102. The molecule has 2 rings (SSSR count). The van der Waals surface area contributed by atoms with E-state index in [2.05, 4.69) is 5.32 Å². The minimum absolute atomic E-state index is 0.0159. The first-order valence-corrected chi connectivity index (χ1v) is 7.83. The van der Waals surface area contributed by atoms with Crippen LogP contribution in [-0.4, -0.2) is 20.6 Å². The zero-order valence-corrected chi connectivity index (χ0v) is 11.9. The van der Waals surface area contributed by atoms with Gasteiger partial charge in [0.1, 0.15) is 5.82 Å². The minimum Gasteiger partial charge on any atom is -0.396 e. The van der Waals surface area contributed by atoms with Crippen LogP contribution in [0.1, 0.15) is 10.4 Å². The Hall–Kier alpha value is -2.41. The molecule has 7 heteroatoms. The first-order valence-electron chi connectivity index (χ1n) is 5.94. The number of rotatable bonds is 3. The third-order valence-electron chi connectivity index (χ3n) is 2.84. The standard InChI is InChI=1S/C14H13FN2O3S/c1-21(19,20)10-7-5-9(6-8-10)17-14(18)11-3-2-4-12(15)13(11)16/h2-8H,16H2,1H3,(H,17,18). The lowest BCUT2D eigenvalue weighted by Crippen LogP contribution is -2.14. The van der Waals surface area contributed by atoms with Crippen LogP contribution >= 0.6 is 0 Å². The molecule has 1 amide bonds. The molecule has 110 valence electrons. The van der Waals surface area contributed by atoms with Crippen LogP contribution in [0.15, 0.2) is 47.4 Å². The maximum atomic E-state index is 13.3. The van der Waals surface area contributed by atoms with Gasteiger partial charge in [-0.3, -0.25) is 4.79 Å². The number of nitrogen functional groups attached to an aromatic ring is 1. The fourth-order valence-electron chi connectivity index (χ4n) is 1.72. The molecule has 0 fully saturated rings. The zero-order valence-electron chi connectivity index (χ0n) is 11.1. The number of hydrogen-bond acceptors (Lipinski definition) is 4. The maximum absolute atomic E-state index is 13.3. The largest absolute Gasteiger partial charge is 0.396 e. The number of para-hydroxylation sites is 1. The van der Waals surface area contributed by atoms with Crippen molar-refractivity contribution >= 4 is 27.1 Å². The van der Waals surface area contributed by atoms with Crippen LogP contribution in [0.3, 0.4) is 0 Å². The first-order chi connectivity index (χ1) is 9.79. The number of amides is 1. The Morgan fingerprint density at radius 3 is 2.33 bits per heavy atom. The summed E-state index contributed by atoms with van der Waals surface area (Å²) in [6, 6.07) is 9.59. The van der Waals surface area contributed by atoms with Gasteiger partial charge in [0, 0.05) is 11.9 Å². The average Bonchev–Trinajstić information content (AvgIpc) is 2.41. The van der Waals surface area contributed by atoms with Crippen molar-refractivity contribution in [1.29, 1.82) is 0 Å². The Bertz CT molecular complexity index is 786. The number of benzene rings is 2. The van der Waals surface area contributed by atoms with E-state index in [4.69, 9.17) is 5.73 Å². The van der Waals surface area contributed by atoms with Crippen molar-refractivity contribution < 1.29 is 17.6 Å². The molecule has 2 aromatic rings. The summed E-state index contributed by atoms with van der Waals surface area (Å²) in [4.78, 5) is 12.1. The molecule has 2 aromatic carbocycles. The van der Waals surface area contributed by atoms with E-state index in [0.717, 1.165) is 12.3 Å². The molecular weight excluding hydrogens is 295 g/mol. The number of nitrogens with one attached hydrogen (secondary N) is 1. The topological polar surface area (TPSA) is 89.3 Å². The highest BCUT2D eigenvalue weighted by Gasteiger charge is 2.13. The van der Waals surface area contributed by atoms with E-state index in [-0.39, 0.29) is 16.1 Å². The molecule has 0 radical (unpaired) electrons. The molecule has 0 saturated heterocycles. The molecule has 0 aliphatic rings.